The van der Waals surface area contributed by atoms with Crippen LogP contribution in [0.3, 0.4) is 0 Å². The lowest BCUT2D eigenvalue weighted by molar-refractivity contribution is 0.383. The lowest BCUT2D eigenvalue weighted by Crippen LogP contribution is -2.25. The molecule has 0 unspecified atom stereocenters. The maximum absolute atomic E-state index is 3.49. The van der Waals surface area contributed by atoms with E-state index in [0.717, 1.165) is 24.3 Å². The predicted molar refractivity (Wildman–Crippen MR) is 47.5 cm³/mol. The van der Waals surface area contributed by atoms with Crippen molar-refractivity contribution in [3.63, 3.8) is 0 Å². The summed E-state index contributed by atoms with van der Waals surface area (Å²) in [6, 6.07) is 0. The molecule has 1 nitrogen and oxygen atoms in total. The molecule has 1 N–H and O–H groups in total. The summed E-state index contributed by atoms with van der Waals surface area (Å²) >= 11 is 0. The van der Waals surface area contributed by atoms with Crippen LogP contribution in [0, 0.1) is 17.8 Å². The molecule has 0 atom stereocenters. The van der Waals surface area contributed by atoms with Gasteiger partial charge in [-0.3, -0.25) is 0 Å². The Morgan fingerprint density at radius 2 is 1.73 bits per heavy atom. The van der Waals surface area contributed by atoms with Crippen LogP contribution in [0.15, 0.2) is 0 Å². The molecule has 0 aromatic rings. The van der Waals surface area contributed by atoms with E-state index in [-0.39, 0.29) is 0 Å². The van der Waals surface area contributed by atoms with E-state index in [1.165, 1.54) is 32.2 Å². The van der Waals surface area contributed by atoms with Crippen molar-refractivity contribution in [2.24, 2.45) is 17.8 Å². The van der Waals surface area contributed by atoms with E-state index in [0.29, 0.717) is 0 Å². The summed E-state index contributed by atoms with van der Waals surface area (Å²) < 4.78 is 0. The fourth-order valence-electron chi connectivity index (χ4n) is 2.08. The van der Waals surface area contributed by atoms with Crippen LogP contribution in [0.2, 0.25) is 0 Å². The van der Waals surface area contributed by atoms with Crippen LogP contribution in [0.25, 0.3) is 0 Å². The lowest BCUT2D eigenvalue weighted by atomic mass is 9.98. The molecule has 2 aliphatic rings. The van der Waals surface area contributed by atoms with E-state index in [9.17, 15) is 0 Å². The molecule has 0 aliphatic heterocycles. The average Bonchev–Trinajstić information content (AvgIpc) is 2.85. The molecule has 0 saturated heterocycles. The van der Waals surface area contributed by atoms with Crippen molar-refractivity contribution < 1.29 is 0 Å². The fourth-order valence-corrected chi connectivity index (χ4v) is 2.08. The SMILES string of the molecule is CCNCC(C1CC1)C1CC1. The minimum atomic E-state index is 1.05. The van der Waals surface area contributed by atoms with E-state index in [4.69, 9.17) is 0 Å². The van der Waals surface area contributed by atoms with E-state index < -0.39 is 0 Å². The van der Waals surface area contributed by atoms with Crippen molar-refractivity contribution in [3.8, 4) is 0 Å². The average molecular weight is 153 g/mol. The number of hydrogen-bond acceptors (Lipinski definition) is 1. The Labute approximate surface area is 69.6 Å². The summed E-state index contributed by atoms with van der Waals surface area (Å²) in [5.41, 5.74) is 0. The molecule has 64 valence electrons. The second kappa shape index (κ2) is 3.14. The molecule has 0 amide bonds. The zero-order valence-corrected chi connectivity index (χ0v) is 7.47. The summed E-state index contributed by atoms with van der Waals surface area (Å²) in [7, 11) is 0. The first-order chi connectivity index (χ1) is 5.42. The minimum Gasteiger partial charge on any atom is -0.317 e. The molecular formula is C10H19N. The molecule has 2 fully saturated rings. The van der Waals surface area contributed by atoms with Crippen molar-refractivity contribution >= 4 is 0 Å². The van der Waals surface area contributed by atoms with Crippen molar-refractivity contribution in [1.82, 2.24) is 5.32 Å². The van der Waals surface area contributed by atoms with E-state index >= 15 is 0 Å². The fraction of sp³-hybridized carbons (Fsp3) is 1.00. The second-order valence-corrected chi connectivity index (χ2v) is 4.15. The zero-order valence-electron chi connectivity index (χ0n) is 7.47. The maximum Gasteiger partial charge on any atom is -0.00153 e. The van der Waals surface area contributed by atoms with Gasteiger partial charge < -0.3 is 5.32 Å². The molecule has 0 bridgehead atoms. The van der Waals surface area contributed by atoms with Crippen LogP contribution in [0.5, 0.6) is 0 Å². The Kier molecular flexibility index (Phi) is 2.17. The third-order valence-electron chi connectivity index (χ3n) is 3.09. The third-order valence-corrected chi connectivity index (χ3v) is 3.09. The molecule has 2 saturated carbocycles. The van der Waals surface area contributed by atoms with E-state index in [1.54, 1.807) is 0 Å². The molecule has 2 aliphatic carbocycles. The molecule has 1 heteroatoms. The van der Waals surface area contributed by atoms with Gasteiger partial charge in [-0.1, -0.05) is 6.92 Å². The first-order valence-corrected chi connectivity index (χ1v) is 5.12. The summed E-state index contributed by atoms with van der Waals surface area (Å²) in [5, 5.41) is 3.49. The minimum absolute atomic E-state index is 1.05. The van der Waals surface area contributed by atoms with Crippen LogP contribution < -0.4 is 5.32 Å². The van der Waals surface area contributed by atoms with Gasteiger partial charge in [-0.2, -0.15) is 0 Å². The molecule has 0 aromatic carbocycles. The van der Waals surface area contributed by atoms with Gasteiger partial charge in [0.05, 0.1) is 0 Å². The number of nitrogens with one attached hydrogen (secondary N) is 1. The van der Waals surface area contributed by atoms with Gasteiger partial charge in [0.25, 0.3) is 0 Å². The Bertz CT molecular complexity index is 113. The Morgan fingerprint density at radius 3 is 2.09 bits per heavy atom. The highest BCUT2D eigenvalue weighted by molar-refractivity contribution is 4.92. The molecular weight excluding hydrogens is 134 g/mol. The van der Waals surface area contributed by atoms with Crippen LogP contribution in [0.1, 0.15) is 32.6 Å². The zero-order chi connectivity index (χ0) is 7.68. The van der Waals surface area contributed by atoms with Crippen molar-refractivity contribution in [3.05, 3.63) is 0 Å². The van der Waals surface area contributed by atoms with Crippen LogP contribution in [-0.2, 0) is 0 Å². The normalized spacial score (nSPS) is 24.5. The smallest absolute Gasteiger partial charge is 0.00153 e. The second-order valence-electron chi connectivity index (χ2n) is 4.15. The van der Waals surface area contributed by atoms with Gasteiger partial charge in [0, 0.05) is 0 Å². The highest BCUT2D eigenvalue weighted by Crippen LogP contribution is 2.48. The summed E-state index contributed by atoms with van der Waals surface area (Å²) in [4.78, 5) is 0. The van der Waals surface area contributed by atoms with E-state index in [2.05, 4.69) is 12.2 Å². The molecule has 11 heavy (non-hydrogen) atoms. The predicted octanol–water partition coefficient (Wildman–Crippen LogP) is 2.03. The lowest BCUT2D eigenvalue weighted by Gasteiger charge is -2.14. The van der Waals surface area contributed by atoms with Gasteiger partial charge in [0.1, 0.15) is 0 Å². The van der Waals surface area contributed by atoms with Crippen molar-refractivity contribution in [1.29, 1.82) is 0 Å². The third kappa shape index (κ3) is 1.96. The van der Waals surface area contributed by atoms with Gasteiger partial charge in [-0.15, -0.1) is 0 Å². The molecule has 2 rings (SSSR count). The highest BCUT2D eigenvalue weighted by Gasteiger charge is 2.40. The van der Waals surface area contributed by atoms with E-state index in [1.807, 2.05) is 0 Å². The quantitative estimate of drug-likeness (QED) is 0.637. The largest absolute Gasteiger partial charge is 0.317 e. The van der Waals surface area contributed by atoms with Crippen LogP contribution >= 0.6 is 0 Å². The molecule has 0 radical (unpaired) electrons. The van der Waals surface area contributed by atoms with Crippen molar-refractivity contribution in [2.75, 3.05) is 13.1 Å². The number of hydrogen-bond donors (Lipinski definition) is 1. The van der Waals surface area contributed by atoms with Gasteiger partial charge in [-0.05, 0) is 56.5 Å². The monoisotopic (exact) mass is 153 g/mol. The summed E-state index contributed by atoms with van der Waals surface area (Å²) in [6.45, 7) is 4.65. The van der Waals surface area contributed by atoms with Gasteiger partial charge >= 0.3 is 0 Å². The Hall–Kier alpha value is -0.0400. The number of rotatable bonds is 5. The van der Waals surface area contributed by atoms with Crippen molar-refractivity contribution in [2.45, 2.75) is 32.6 Å². The Morgan fingerprint density at radius 1 is 1.18 bits per heavy atom. The summed E-state index contributed by atoms with van der Waals surface area (Å²) in [6.07, 6.45) is 6.08. The van der Waals surface area contributed by atoms with Crippen LogP contribution in [0.4, 0.5) is 0 Å². The first kappa shape index (κ1) is 7.60. The maximum atomic E-state index is 3.49. The van der Waals surface area contributed by atoms with Crippen LogP contribution in [-0.4, -0.2) is 13.1 Å². The summed E-state index contributed by atoms with van der Waals surface area (Å²) in [5.74, 6) is 3.28. The Balaban J connectivity index is 1.73. The van der Waals surface area contributed by atoms with Gasteiger partial charge in [0.2, 0.25) is 0 Å². The van der Waals surface area contributed by atoms with Gasteiger partial charge in [-0.25, -0.2) is 0 Å². The molecule has 0 spiro atoms. The highest BCUT2D eigenvalue weighted by atomic mass is 14.9. The molecule has 0 aromatic heterocycles. The van der Waals surface area contributed by atoms with Gasteiger partial charge in [0.15, 0.2) is 0 Å². The standard InChI is InChI=1S/C10H19N/c1-2-11-7-10(8-3-4-8)9-5-6-9/h8-11H,2-7H2,1H3. The molecule has 0 heterocycles. The first-order valence-electron chi connectivity index (χ1n) is 5.12. The topological polar surface area (TPSA) is 12.0 Å².